The number of hydrogen-bond acceptors (Lipinski definition) is 9. The molecule has 0 N–H and O–H groups in total. The lowest BCUT2D eigenvalue weighted by Crippen LogP contribution is -2.20. The third-order valence-corrected chi connectivity index (χ3v) is 8.18. The van der Waals surface area contributed by atoms with E-state index in [1.54, 1.807) is 26.0 Å². The van der Waals surface area contributed by atoms with Crippen LogP contribution in [-0.2, 0) is 38.1 Å². The summed E-state index contributed by atoms with van der Waals surface area (Å²) < 4.78 is 20.4. The summed E-state index contributed by atoms with van der Waals surface area (Å²) in [5.41, 5.74) is 5.98. The molecule has 0 heterocycles. The normalized spacial score (nSPS) is 14.0. The van der Waals surface area contributed by atoms with Gasteiger partial charge in [-0.2, -0.15) is 0 Å². The summed E-state index contributed by atoms with van der Waals surface area (Å²) in [6, 6.07) is 27.8. The second-order valence-electron chi connectivity index (χ2n) is 12.1. The van der Waals surface area contributed by atoms with Crippen molar-refractivity contribution in [2.75, 3.05) is 31.3 Å². The van der Waals surface area contributed by atoms with Crippen LogP contribution in [-0.4, -0.2) is 50.3 Å². The number of carbonyl (C=O) groups excluding carboxylic acids is 4. The van der Waals surface area contributed by atoms with Crippen LogP contribution in [0.2, 0.25) is 0 Å². The van der Waals surface area contributed by atoms with Gasteiger partial charge in [0.15, 0.2) is 0 Å². The molecule has 0 amide bonds. The number of ether oxygens (including phenoxy) is 4. The first-order chi connectivity index (χ1) is 26.6. The van der Waals surface area contributed by atoms with Gasteiger partial charge in [0.2, 0.25) is 0 Å². The van der Waals surface area contributed by atoms with Gasteiger partial charge >= 0.3 is 23.9 Å². The fraction of sp³-hybridized carbons (Fsp3) is 0.174. The van der Waals surface area contributed by atoms with E-state index in [2.05, 4.69) is 25.8 Å². The van der Waals surface area contributed by atoms with Crippen molar-refractivity contribution < 1.29 is 38.1 Å². The Kier molecular flexibility index (Phi) is 15.7. The van der Waals surface area contributed by atoms with Crippen LogP contribution in [0.4, 0.5) is 11.4 Å². The van der Waals surface area contributed by atoms with E-state index in [-0.39, 0.29) is 43.1 Å². The highest BCUT2D eigenvalue weighted by atomic mass is 16.6. The van der Waals surface area contributed by atoms with Crippen LogP contribution in [0.5, 0.6) is 0 Å². The number of nitrogens with zero attached hydrogens (tertiary/aromatic N) is 1. The molecule has 0 fully saturated rings. The summed E-state index contributed by atoms with van der Waals surface area (Å²) in [7, 11) is 0. The van der Waals surface area contributed by atoms with Crippen LogP contribution >= 0.6 is 0 Å². The van der Waals surface area contributed by atoms with Gasteiger partial charge in [0.25, 0.3) is 0 Å². The van der Waals surface area contributed by atoms with Crippen molar-refractivity contribution in [1.29, 1.82) is 0 Å². The van der Waals surface area contributed by atoms with Gasteiger partial charge in [-0.3, -0.25) is 4.79 Å². The topological polar surface area (TPSA) is 108 Å². The maximum Gasteiger partial charge on any atom is 0.338 e. The minimum Gasteiger partial charge on any atom is -0.463 e. The van der Waals surface area contributed by atoms with Crippen molar-refractivity contribution in [1.82, 2.24) is 0 Å². The summed E-state index contributed by atoms with van der Waals surface area (Å²) in [4.78, 5) is 51.1. The second kappa shape index (κ2) is 21.1. The zero-order valence-electron chi connectivity index (χ0n) is 31.1. The van der Waals surface area contributed by atoms with Gasteiger partial charge in [0.1, 0.15) is 13.2 Å². The van der Waals surface area contributed by atoms with E-state index in [9.17, 15) is 19.2 Å². The predicted molar refractivity (Wildman–Crippen MR) is 216 cm³/mol. The van der Waals surface area contributed by atoms with Gasteiger partial charge in [0.05, 0.1) is 35.9 Å². The number of anilines is 2. The number of rotatable bonds is 18. The molecule has 55 heavy (non-hydrogen) atoms. The van der Waals surface area contributed by atoms with Gasteiger partial charge in [-0.15, -0.1) is 0 Å². The van der Waals surface area contributed by atoms with Crippen LogP contribution < -0.4 is 4.90 Å². The Bertz CT molecular complexity index is 2020. The summed E-state index contributed by atoms with van der Waals surface area (Å²) in [6.45, 7) is 14.3. The number of benzene rings is 3. The van der Waals surface area contributed by atoms with E-state index in [0.29, 0.717) is 6.42 Å². The minimum atomic E-state index is -0.655. The molecular weight excluding hydrogens is 695 g/mol. The first kappa shape index (κ1) is 41.0. The molecule has 1 aliphatic carbocycles. The fourth-order valence-corrected chi connectivity index (χ4v) is 5.29. The van der Waals surface area contributed by atoms with Gasteiger partial charge in [-0.05, 0) is 85.0 Å². The van der Waals surface area contributed by atoms with Crippen molar-refractivity contribution >= 4 is 46.9 Å². The number of esters is 4. The molecule has 0 aliphatic heterocycles. The van der Waals surface area contributed by atoms with Crippen LogP contribution in [0.3, 0.4) is 0 Å². The molecule has 0 aromatic heterocycles. The number of para-hydroxylation sites is 1. The Morgan fingerprint density at radius 2 is 1.33 bits per heavy atom. The highest BCUT2D eigenvalue weighted by Gasteiger charge is 2.22. The highest BCUT2D eigenvalue weighted by Crippen LogP contribution is 2.32. The molecule has 0 radical (unpaired) electrons. The number of hydrogen-bond donors (Lipinski definition) is 0. The Hall–Kier alpha value is -6.74. The maximum absolute atomic E-state index is 12.8. The molecule has 0 spiro atoms. The third-order valence-electron chi connectivity index (χ3n) is 8.18. The Labute approximate surface area is 322 Å². The summed E-state index contributed by atoms with van der Waals surface area (Å²) in [5, 5.41) is 0. The standard InChI is InChI=1S/C46H45NO8/c1-6-36(45(50)54-31-33(4)43(48)52-7-2)18-15-29-47(40-19-13-10-14-20-40)41-27-21-35(22-28-41)30-42(37-16-11-9-12-17-37)38-23-25-39(26-24-38)46(51)55-32-34(5)44(49)53-8-3/h6,9-25,27-30,39H,1,4-5,7-8,26,31-32H2,2-3H3. The van der Waals surface area contributed by atoms with Crippen molar-refractivity contribution in [3.05, 3.63) is 181 Å². The second-order valence-corrected chi connectivity index (χ2v) is 12.1. The molecule has 0 saturated heterocycles. The summed E-state index contributed by atoms with van der Waals surface area (Å²) >= 11 is 0. The fourth-order valence-electron chi connectivity index (χ4n) is 5.29. The Morgan fingerprint density at radius 1 is 0.745 bits per heavy atom. The molecule has 1 unspecified atom stereocenters. The zero-order chi connectivity index (χ0) is 39.6. The minimum absolute atomic E-state index is 0.0359. The van der Waals surface area contributed by atoms with E-state index >= 15 is 0 Å². The lowest BCUT2D eigenvalue weighted by Gasteiger charge is -2.21. The summed E-state index contributed by atoms with van der Waals surface area (Å²) in [6.07, 6.45) is 14.8. The van der Waals surface area contributed by atoms with Crippen molar-refractivity contribution in [3.8, 4) is 0 Å². The average Bonchev–Trinajstić information content (AvgIpc) is 3.22. The Morgan fingerprint density at radius 3 is 1.89 bits per heavy atom. The van der Waals surface area contributed by atoms with E-state index in [4.69, 9.17) is 18.9 Å². The van der Waals surface area contributed by atoms with Crippen LogP contribution in [0.25, 0.3) is 11.6 Å². The first-order valence-electron chi connectivity index (χ1n) is 17.8. The first-order valence-corrected chi connectivity index (χ1v) is 17.8. The Balaban J connectivity index is 1.53. The van der Waals surface area contributed by atoms with Crippen molar-refractivity contribution in [3.63, 3.8) is 0 Å². The lowest BCUT2D eigenvalue weighted by molar-refractivity contribution is -0.147. The van der Waals surface area contributed by atoms with Crippen molar-refractivity contribution in [2.24, 2.45) is 5.92 Å². The third kappa shape index (κ3) is 12.2. The maximum atomic E-state index is 12.8. The smallest absolute Gasteiger partial charge is 0.338 e. The molecule has 0 saturated carbocycles. The van der Waals surface area contributed by atoms with Gasteiger partial charge in [-0.25, -0.2) is 14.4 Å². The van der Waals surface area contributed by atoms with E-state index in [1.807, 2.05) is 114 Å². The van der Waals surface area contributed by atoms with Crippen LogP contribution in [0, 0.1) is 5.92 Å². The molecule has 282 valence electrons. The van der Waals surface area contributed by atoms with E-state index < -0.39 is 29.8 Å². The SMILES string of the molecule is C=CC(=CC=CN(c1ccccc1)c1ccc(C=C(C2=CCC(C(=O)OCC(=C)C(=O)OCC)C=C2)c2ccccc2)cc1)C(=O)OCC(=C)C(=O)OCC. The predicted octanol–water partition coefficient (Wildman–Crippen LogP) is 8.82. The van der Waals surface area contributed by atoms with Crippen LogP contribution in [0.15, 0.2) is 170 Å². The van der Waals surface area contributed by atoms with Gasteiger partial charge < -0.3 is 23.8 Å². The van der Waals surface area contributed by atoms with E-state index in [1.165, 1.54) is 6.08 Å². The molecule has 0 bridgehead atoms. The highest BCUT2D eigenvalue weighted by molar-refractivity contribution is 5.95. The molecule has 3 aromatic carbocycles. The largest absolute Gasteiger partial charge is 0.463 e. The molecule has 9 heteroatoms. The quantitative estimate of drug-likeness (QED) is 0.0416. The molecular formula is C46H45NO8. The molecule has 4 rings (SSSR count). The molecule has 1 atom stereocenters. The van der Waals surface area contributed by atoms with E-state index in [0.717, 1.165) is 33.6 Å². The number of allylic oxidation sites excluding steroid dienone is 6. The summed E-state index contributed by atoms with van der Waals surface area (Å²) in [5.74, 6) is -2.80. The molecule has 9 nitrogen and oxygen atoms in total. The molecule has 1 aliphatic rings. The average molecular weight is 740 g/mol. The van der Waals surface area contributed by atoms with Gasteiger partial charge in [-0.1, -0.05) is 105 Å². The number of carbonyl (C=O) groups is 4. The molecule has 3 aromatic rings. The van der Waals surface area contributed by atoms with Crippen LogP contribution in [0.1, 0.15) is 31.4 Å². The monoisotopic (exact) mass is 739 g/mol. The van der Waals surface area contributed by atoms with Gasteiger partial charge in [0, 0.05) is 17.6 Å². The zero-order valence-corrected chi connectivity index (χ0v) is 31.1. The van der Waals surface area contributed by atoms with Crippen molar-refractivity contribution in [2.45, 2.75) is 20.3 Å². The lowest BCUT2D eigenvalue weighted by atomic mass is 9.89.